The van der Waals surface area contributed by atoms with E-state index < -0.39 is 5.54 Å². The number of rotatable bonds is 4. The molecule has 5 heteroatoms. The predicted octanol–water partition coefficient (Wildman–Crippen LogP) is 2.60. The fraction of sp³-hybridized carbons (Fsp3) is 0.545. The second kappa shape index (κ2) is 5.29. The van der Waals surface area contributed by atoms with Crippen LogP contribution in [0.2, 0.25) is 0 Å². The number of carbonyl (C=O) groups is 1. The van der Waals surface area contributed by atoms with E-state index in [0.29, 0.717) is 13.0 Å². The lowest BCUT2D eigenvalue weighted by Crippen LogP contribution is -2.39. The van der Waals surface area contributed by atoms with Gasteiger partial charge in [0.15, 0.2) is 0 Å². The second-order valence-electron chi connectivity index (χ2n) is 4.65. The lowest BCUT2D eigenvalue weighted by molar-refractivity contribution is -0.131. The van der Waals surface area contributed by atoms with Gasteiger partial charge in [-0.05, 0) is 35.8 Å². The lowest BCUT2D eigenvalue weighted by atomic mass is 10.0. The maximum absolute atomic E-state index is 11.8. The standard InChI is InChI=1S/C11H17BrN2OS/c1-11(2,13)5-10(15)14(3)6-9-4-8(12)7-16-9/h4,7H,5-6,13H2,1-3H3. The summed E-state index contributed by atoms with van der Waals surface area (Å²) in [5.41, 5.74) is 5.38. The molecule has 0 spiro atoms. The predicted molar refractivity (Wildman–Crippen MR) is 71.4 cm³/mol. The number of hydrogen-bond donors (Lipinski definition) is 1. The molecule has 3 nitrogen and oxygen atoms in total. The maximum Gasteiger partial charge on any atom is 0.224 e. The van der Waals surface area contributed by atoms with Gasteiger partial charge in [0.2, 0.25) is 5.91 Å². The summed E-state index contributed by atoms with van der Waals surface area (Å²) in [7, 11) is 1.81. The average Bonchev–Trinajstić information content (AvgIpc) is 2.48. The molecule has 1 aromatic rings. The van der Waals surface area contributed by atoms with E-state index in [-0.39, 0.29) is 5.91 Å². The van der Waals surface area contributed by atoms with Crippen LogP contribution < -0.4 is 5.73 Å². The number of thiophene rings is 1. The highest BCUT2D eigenvalue weighted by molar-refractivity contribution is 9.10. The zero-order valence-corrected chi connectivity index (χ0v) is 12.2. The third kappa shape index (κ3) is 4.63. The molecule has 0 aliphatic carbocycles. The summed E-state index contributed by atoms with van der Waals surface area (Å²) in [4.78, 5) is 14.7. The van der Waals surface area contributed by atoms with Gasteiger partial charge in [-0.3, -0.25) is 4.79 Å². The zero-order valence-electron chi connectivity index (χ0n) is 9.79. The molecule has 0 aromatic carbocycles. The normalized spacial score (nSPS) is 11.6. The highest BCUT2D eigenvalue weighted by Crippen LogP contribution is 2.21. The van der Waals surface area contributed by atoms with Gasteiger partial charge in [-0.2, -0.15) is 0 Å². The largest absolute Gasteiger partial charge is 0.341 e. The summed E-state index contributed by atoms with van der Waals surface area (Å²) in [6.07, 6.45) is 0.371. The Balaban J connectivity index is 2.52. The Morgan fingerprint density at radius 1 is 1.62 bits per heavy atom. The van der Waals surface area contributed by atoms with Crippen LogP contribution in [0.5, 0.6) is 0 Å². The molecule has 0 fully saturated rings. The van der Waals surface area contributed by atoms with Crippen molar-refractivity contribution in [3.05, 3.63) is 20.8 Å². The van der Waals surface area contributed by atoms with Gasteiger partial charge in [0.1, 0.15) is 0 Å². The van der Waals surface area contributed by atoms with Gasteiger partial charge in [-0.25, -0.2) is 0 Å². The fourth-order valence-electron chi connectivity index (χ4n) is 1.28. The first-order valence-corrected chi connectivity index (χ1v) is 6.71. The Morgan fingerprint density at radius 3 is 2.69 bits per heavy atom. The van der Waals surface area contributed by atoms with Crippen LogP contribution in [0.25, 0.3) is 0 Å². The van der Waals surface area contributed by atoms with Gasteiger partial charge in [0.05, 0.1) is 6.54 Å². The molecule has 1 aromatic heterocycles. The third-order valence-corrected chi connectivity index (χ3v) is 3.73. The minimum Gasteiger partial charge on any atom is -0.341 e. The van der Waals surface area contributed by atoms with E-state index in [1.165, 1.54) is 0 Å². The number of halogens is 1. The van der Waals surface area contributed by atoms with Crippen molar-refractivity contribution in [1.29, 1.82) is 0 Å². The first-order valence-electron chi connectivity index (χ1n) is 5.04. The maximum atomic E-state index is 11.8. The summed E-state index contributed by atoms with van der Waals surface area (Å²) in [6.45, 7) is 4.37. The van der Waals surface area contributed by atoms with Crippen LogP contribution in [0.3, 0.4) is 0 Å². The molecular weight excluding hydrogens is 288 g/mol. The topological polar surface area (TPSA) is 46.3 Å². The molecule has 1 amide bonds. The van der Waals surface area contributed by atoms with E-state index in [1.807, 2.05) is 32.3 Å². The molecule has 16 heavy (non-hydrogen) atoms. The smallest absolute Gasteiger partial charge is 0.224 e. The molecule has 0 radical (unpaired) electrons. The lowest BCUT2D eigenvalue weighted by Gasteiger charge is -2.22. The van der Waals surface area contributed by atoms with Crippen LogP contribution in [0.15, 0.2) is 15.9 Å². The van der Waals surface area contributed by atoms with Crippen LogP contribution in [-0.4, -0.2) is 23.4 Å². The molecule has 0 aliphatic heterocycles. The molecule has 0 bridgehead atoms. The van der Waals surface area contributed by atoms with Gasteiger partial charge < -0.3 is 10.6 Å². The Morgan fingerprint density at radius 2 is 2.25 bits per heavy atom. The average molecular weight is 305 g/mol. The number of amides is 1. The number of nitrogens with two attached hydrogens (primary N) is 1. The van der Waals surface area contributed by atoms with Crippen molar-refractivity contribution in [2.24, 2.45) is 5.73 Å². The second-order valence-corrected chi connectivity index (χ2v) is 6.56. The fourth-order valence-corrected chi connectivity index (χ4v) is 2.79. The van der Waals surface area contributed by atoms with E-state index in [9.17, 15) is 4.79 Å². The number of carbonyl (C=O) groups excluding carboxylic acids is 1. The summed E-state index contributed by atoms with van der Waals surface area (Å²) in [5.74, 6) is 0.0806. The molecule has 0 saturated heterocycles. The minimum absolute atomic E-state index is 0.0806. The SMILES string of the molecule is CN(Cc1cc(Br)cs1)C(=O)CC(C)(C)N. The highest BCUT2D eigenvalue weighted by atomic mass is 79.9. The van der Waals surface area contributed by atoms with E-state index in [1.54, 1.807) is 16.2 Å². The molecule has 1 heterocycles. The van der Waals surface area contributed by atoms with E-state index >= 15 is 0 Å². The summed E-state index contributed by atoms with van der Waals surface area (Å²) in [6, 6.07) is 2.03. The summed E-state index contributed by atoms with van der Waals surface area (Å²) in [5, 5.41) is 2.01. The Kier molecular flexibility index (Phi) is 4.52. The van der Waals surface area contributed by atoms with Gasteiger partial charge in [0.25, 0.3) is 0 Å². The first-order chi connectivity index (χ1) is 7.28. The minimum atomic E-state index is -0.443. The third-order valence-electron chi connectivity index (χ3n) is 2.05. The van der Waals surface area contributed by atoms with Crippen molar-refractivity contribution in [3.8, 4) is 0 Å². The van der Waals surface area contributed by atoms with Gasteiger partial charge in [0, 0.05) is 33.7 Å². The summed E-state index contributed by atoms with van der Waals surface area (Å²) < 4.78 is 1.06. The molecule has 1 rings (SSSR count). The van der Waals surface area contributed by atoms with Crippen molar-refractivity contribution in [2.75, 3.05) is 7.05 Å². The zero-order chi connectivity index (χ0) is 12.3. The molecular formula is C11H17BrN2OS. The van der Waals surface area contributed by atoms with Crippen molar-refractivity contribution >= 4 is 33.2 Å². The monoisotopic (exact) mass is 304 g/mol. The molecule has 0 saturated carbocycles. The molecule has 0 aliphatic rings. The van der Waals surface area contributed by atoms with Gasteiger partial charge in [-0.15, -0.1) is 11.3 Å². The molecule has 0 unspecified atom stereocenters. The van der Waals surface area contributed by atoms with Crippen molar-refractivity contribution in [2.45, 2.75) is 32.4 Å². The van der Waals surface area contributed by atoms with E-state index in [4.69, 9.17) is 5.73 Å². The van der Waals surface area contributed by atoms with Crippen molar-refractivity contribution < 1.29 is 4.79 Å². The Hall–Kier alpha value is -0.390. The van der Waals surface area contributed by atoms with Crippen LogP contribution in [0, 0.1) is 0 Å². The van der Waals surface area contributed by atoms with Gasteiger partial charge in [-0.1, -0.05) is 0 Å². The summed E-state index contributed by atoms with van der Waals surface area (Å²) >= 11 is 5.04. The van der Waals surface area contributed by atoms with Crippen LogP contribution >= 0.6 is 27.3 Å². The van der Waals surface area contributed by atoms with Crippen LogP contribution in [0.4, 0.5) is 0 Å². The Labute approximate surface area is 109 Å². The molecule has 0 atom stereocenters. The van der Waals surface area contributed by atoms with Gasteiger partial charge >= 0.3 is 0 Å². The van der Waals surface area contributed by atoms with Crippen molar-refractivity contribution in [3.63, 3.8) is 0 Å². The van der Waals surface area contributed by atoms with E-state index in [2.05, 4.69) is 15.9 Å². The van der Waals surface area contributed by atoms with Crippen LogP contribution in [-0.2, 0) is 11.3 Å². The van der Waals surface area contributed by atoms with Crippen molar-refractivity contribution in [1.82, 2.24) is 4.90 Å². The first kappa shape index (κ1) is 13.7. The number of hydrogen-bond acceptors (Lipinski definition) is 3. The quantitative estimate of drug-likeness (QED) is 0.929. The number of nitrogens with zero attached hydrogens (tertiary/aromatic N) is 1. The molecule has 90 valence electrons. The Bertz CT molecular complexity index is 370. The van der Waals surface area contributed by atoms with E-state index in [0.717, 1.165) is 9.35 Å². The molecule has 2 N–H and O–H groups in total. The highest BCUT2D eigenvalue weighted by Gasteiger charge is 2.19. The van der Waals surface area contributed by atoms with Crippen LogP contribution in [0.1, 0.15) is 25.1 Å².